The predicted molar refractivity (Wildman–Crippen MR) is 122 cm³/mol. The molecule has 0 radical (unpaired) electrons. The molecule has 0 atom stereocenters. The Morgan fingerprint density at radius 1 is 0.767 bits per heavy atom. The van der Waals surface area contributed by atoms with Crippen LogP contribution in [0, 0.1) is 0 Å². The van der Waals surface area contributed by atoms with Gasteiger partial charge in [-0.25, -0.2) is 4.98 Å². The van der Waals surface area contributed by atoms with E-state index in [1.165, 1.54) is 14.2 Å². The summed E-state index contributed by atoms with van der Waals surface area (Å²) in [5.41, 5.74) is 0.698. The molecule has 1 aromatic heterocycles. The van der Waals surface area contributed by atoms with Crippen molar-refractivity contribution in [3.63, 3.8) is 0 Å². The van der Waals surface area contributed by atoms with Gasteiger partial charge in [-0.2, -0.15) is 0 Å². The number of anilines is 2. The van der Waals surface area contributed by atoms with Crippen molar-refractivity contribution in [2.75, 3.05) is 24.9 Å². The maximum absolute atomic E-state index is 12.7. The first kappa shape index (κ1) is 21.8. The number of rotatable bonds is 6. The van der Waals surface area contributed by atoms with Gasteiger partial charge in [0.25, 0.3) is 11.8 Å². The summed E-state index contributed by atoms with van der Waals surface area (Å²) in [6, 6.07) is 15.2. The molecule has 154 valence electrons. The number of pyridine rings is 1. The van der Waals surface area contributed by atoms with Crippen LogP contribution in [-0.4, -0.2) is 31.0 Å². The SMILES string of the molecule is COc1ccc(Br)cc1C(=O)Nc1cccc(NC(=O)c2cc(Br)ccc2OC)n1. The number of hydrogen-bond acceptors (Lipinski definition) is 5. The molecule has 2 N–H and O–H groups in total. The Morgan fingerprint density at radius 2 is 1.20 bits per heavy atom. The maximum Gasteiger partial charge on any atom is 0.260 e. The number of benzene rings is 2. The van der Waals surface area contributed by atoms with Crippen molar-refractivity contribution >= 4 is 55.3 Å². The molecular formula is C21H17Br2N3O4. The summed E-state index contributed by atoms with van der Waals surface area (Å²) in [4.78, 5) is 29.6. The second kappa shape index (κ2) is 9.73. The number of aromatic nitrogens is 1. The molecular weight excluding hydrogens is 518 g/mol. The number of halogens is 2. The van der Waals surface area contributed by atoms with Crippen LogP contribution in [0.4, 0.5) is 11.6 Å². The lowest BCUT2D eigenvalue weighted by molar-refractivity contribution is 0.101. The normalized spacial score (nSPS) is 10.3. The molecule has 1 heterocycles. The zero-order valence-corrected chi connectivity index (χ0v) is 19.2. The first-order chi connectivity index (χ1) is 14.4. The van der Waals surface area contributed by atoms with Crippen molar-refractivity contribution in [1.82, 2.24) is 4.98 Å². The molecule has 0 fully saturated rings. The molecule has 0 bridgehead atoms. The molecule has 0 aliphatic heterocycles. The number of carbonyl (C=O) groups is 2. The fourth-order valence-corrected chi connectivity index (χ4v) is 3.38. The van der Waals surface area contributed by atoms with Gasteiger partial charge >= 0.3 is 0 Å². The minimum absolute atomic E-state index is 0.279. The summed E-state index contributed by atoms with van der Waals surface area (Å²) < 4.78 is 12.0. The smallest absolute Gasteiger partial charge is 0.260 e. The van der Waals surface area contributed by atoms with Crippen LogP contribution in [-0.2, 0) is 0 Å². The zero-order valence-electron chi connectivity index (χ0n) is 16.0. The fourth-order valence-electron chi connectivity index (χ4n) is 2.66. The van der Waals surface area contributed by atoms with Crippen LogP contribution in [0.2, 0.25) is 0 Å². The quantitative estimate of drug-likeness (QED) is 0.457. The van der Waals surface area contributed by atoms with Gasteiger partial charge in [0, 0.05) is 8.95 Å². The summed E-state index contributed by atoms with van der Waals surface area (Å²) in [5, 5.41) is 5.42. The highest BCUT2D eigenvalue weighted by Gasteiger charge is 2.16. The molecule has 3 aromatic rings. The third-order valence-electron chi connectivity index (χ3n) is 4.04. The van der Waals surface area contributed by atoms with Crippen molar-refractivity contribution in [3.8, 4) is 11.5 Å². The third kappa shape index (κ3) is 5.17. The number of nitrogens with one attached hydrogen (secondary N) is 2. The van der Waals surface area contributed by atoms with Gasteiger partial charge in [0.05, 0.1) is 25.3 Å². The summed E-state index contributed by atoms with van der Waals surface area (Å²) in [7, 11) is 2.98. The van der Waals surface area contributed by atoms with E-state index in [0.717, 1.165) is 8.95 Å². The van der Waals surface area contributed by atoms with E-state index in [1.807, 2.05) is 0 Å². The number of methoxy groups -OCH3 is 2. The van der Waals surface area contributed by atoms with Gasteiger partial charge in [0.1, 0.15) is 23.1 Å². The number of nitrogens with zero attached hydrogens (tertiary/aromatic N) is 1. The Balaban J connectivity index is 1.79. The van der Waals surface area contributed by atoms with Crippen molar-refractivity contribution in [2.24, 2.45) is 0 Å². The lowest BCUT2D eigenvalue weighted by Crippen LogP contribution is -2.17. The summed E-state index contributed by atoms with van der Waals surface area (Å²) in [6.07, 6.45) is 0. The molecule has 0 saturated heterocycles. The van der Waals surface area contributed by atoms with Crippen molar-refractivity contribution in [3.05, 3.63) is 74.7 Å². The standard InChI is InChI=1S/C21H17Br2N3O4/c1-29-16-8-6-12(22)10-14(16)20(27)25-18-4-3-5-19(24-18)26-21(28)15-11-13(23)7-9-17(15)30-2/h3-11H,1-2H3,(H2,24,25,26,27,28). The van der Waals surface area contributed by atoms with E-state index < -0.39 is 11.8 Å². The van der Waals surface area contributed by atoms with E-state index in [1.54, 1.807) is 54.6 Å². The molecule has 0 unspecified atom stereocenters. The van der Waals surface area contributed by atoms with Crippen LogP contribution in [0.3, 0.4) is 0 Å². The van der Waals surface area contributed by atoms with Gasteiger partial charge in [-0.1, -0.05) is 37.9 Å². The Kier molecular flexibility index (Phi) is 7.07. The molecule has 7 nitrogen and oxygen atoms in total. The molecule has 0 aliphatic rings. The lowest BCUT2D eigenvalue weighted by atomic mass is 10.2. The van der Waals surface area contributed by atoms with Crippen LogP contribution in [0.25, 0.3) is 0 Å². The van der Waals surface area contributed by atoms with Crippen molar-refractivity contribution in [1.29, 1.82) is 0 Å². The van der Waals surface area contributed by atoms with Gasteiger partial charge in [0.15, 0.2) is 0 Å². The number of ether oxygens (including phenoxy) is 2. The number of carbonyl (C=O) groups excluding carboxylic acids is 2. The van der Waals surface area contributed by atoms with Crippen molar-refractivity contribution in [2.45, 2.75) is 0 Å². The molecule has 0 aliphatic carbocycles. The topological polar surface area (TPSA) is 89.6 Å². The Bertz CT molecular complexity index is 1020. The van der Waals surface area contributed by atoms with Crippen LogP contribution >= 0.6 is 31.9 Å². The van der Waals surface area contributed by atoms with Gasteiger partial charge in [-0.3, -0.25) is 9.59 Å². The second-order valence-electron chi connectivity index (χ2n) is 6.01. The largest absolute Gasteiger partial charge is 0.496 e. The summed E-state index contributed by atoms with van der Waals surface area (Å²) >= 11 is 6.69. The average molecular weight is 535 g/mol. The van der Waals surface area contributed by atoms with Crippen molar-refractivity contribution < 1.29 is 19.1 Å². The molecule has 0 spiro atoms. The predicted octanol–water partition coefficient (Wildman–Crippen LogP) is 5.13. The van der Waals surface area contributed by atoms with E-state index in [9.17, 15) is 9.59 Å². The van der Waals surface area contributed by atoms with E-state index >= 15 is 0 Å². The van der Waals surface area contributed by atoms with E-state index in [4.69, 9.17) is 9.47 Å². The van der Waals surface area contributed by atoms with Crippen LogP contribution < -0.4 is 20.1 Å². The molecule has 2 amide bonds. The molecule has 9 heteroatoms. The van der Waals surface area contributed by atoms with Gasteiger partial charge in [-0.15, -0.1) is 0 Å². The summed E-state index contributed by atoms with van der Waals surface area (Å²) in [5.74, 6) is 0.640. The van der Waals surface area contributed by atoms with E-state index in [0.29, 0.717) is 22.6 Å². The molecule has 0 saturated carbocycles. The first-order valence-corrected chi connectivity index (χ1v) is 10.3. The monoisotopic (exact) mass is 533 g/mol. The Morgan fingerprint density at radius 3 is 1.60 bits per heavy atom. The van der Waals surface area contributed by atoms with E-state index in [-0.39, 0.29) is 11.6 Å². The van der Waals surface area contributed by atoms with Gasteiger partial charge < -0.3 is 20.1 Å². The third-order valence-corrected chi connectivity index (χ3v) is 5.03. The highest BCUT2D eigenvalue weighted by Crippen LogP contribution is 2.25. The fraction of sp³-hybridized carbons (Fsp3) is 0.0952. The first-order valence-electron chi connectivity index (χ1n) is 8.68. The van der Waals surface area contributed by atoms with Crippen LogP contribution in [0.1, 0.15) is 20.7 Å². The Hall–Kier alpha value is -2.91. The molecule has 30 heavy (non-hydrogen) atoms. The average Bonchev–Trinajstić information content (AvgIpc) is 2.73. The highest BCUT2D eigenvalue weighted by atomic mass is 79.9. The molecule has 2 aromatic carbocycles. The summed E-state index contributed by atoms with van der Waals surface area (Å²) in [6.45, 7) is 0. The molecule has 3 rings (SSSR count). The Labute approximate surface area is 190 Å². The van der Waals surface area contributed by atoms with Gasteiger partial charge in [-0.05, 0) is 48.5 Å². The van der Waals surface area contributed by atoms with Crippen LogP contribution in [0.15, 0.2) is 63.5 Å². The minimum Gasteiger partial charge on any atom is -0.496 e. The second-order valence-corrected chi connectivity index (χ2v) is 7.84. The van der Waals surface area contributed by atoms with E-state index in [2.05, 4.69) is 47.5 Å². The van der Waals surface area contributed by atoms with Crippen LogP contribution in [0.5, 0.6) is 11.5 Å². The highest BCUT2D eigenvalue weighted by molar-refractivity contribution is 9.10. The number of amides is 2. The lowest BCUT2D eigenvalue weighted by Gasteiger charge is -2.11. The zero-order chi connectivity index (χ0) is 21.7. The van der Waals surface area contributed by atoms with Gasteiger partial charge in [0.2, 0.25) is 0 Å². The number of hydrogen-bond donors (Lipinski definition) is 2. The maximum atomic E-state index is 12.7. The minimum atomic E-state index is -0.391.